The Morgan fingerprint density at radius 2 is 2.10 bits per heavy atom. The number of hydrogen-bond acceptors (Lipinski definition) is 8. The fourth-order valence-electron chi connectivity index (χ4n) is 4.24. The average molecular weight is 401 g/mol. The molecule has 2 aromatic rings. The highest BCUT2D eigenvalue weighted by Crippen LogP contribution is 2.36. The molecule has 2 aliphatic rings. The lowest BCUT2D eigenvalue weighted by Crippen LogP contribution is -2.46. The Kier molecular flexibility index (Phi) is 5.29. The number of rotatable bonds is 4. The Morgan fingerprint density at radius 3 is 2.79 bits per heavy atom. The molecule has 3 heterocycles. The van der Waals surface area contributed by atoms with E-state index < -0.39 is 11.0 Å². The predicted molar refractivity (Wildman–Crippen MR) is 102 cm³/mol. The molecule has 1 aromatic heterocycles. The summed E-state index contributed by atoms with van der Waals surface area (Å²) in [5, 5.41) is 25.3. The summed E-state index contributed by atoms with van der Waals surface area (Å²) in [7, 11) is 0. The van der Waals surface area contributed by atoms with E-state index in [4.69, 9.17) is 4.52 Å². The zero-order chi connectivity index (χ0) is 20.5. The summed E-state index contributed by atoms with van der Waals surface area (Å²) < 4.78 is 5.48. The van der Waals surface area contributed by atoms with Crippen LogP contribution >= 0.6 is 0 Å². The molecular weight excluding hydrogens is 378 g/mol. The van der Waals surface area contributed by atoms with Gasteiger partial charge in [-0.1, -0.05) is 17.3 Å². The fraction of sp³-hybridized carbons (Fsp3) is 0.526. The molecule has 2 aliphatic heterocycles. The second-order valence-electron chi connectivity index (χ2n) is 7.60. The van der Waals surface area contributed by atoms with Gasteiger partial charge in [0.05, 0.1) is 17.1 Å². The third kappa shape index (κ3) is 3.99. The van der Waals surface area contributed by atoms with E-state index in [1.165, 1.54) is 12.1 Å². The van der Waals surface area contributed by atoms with Gasteiger partial charge in [0.1, 0.15) is 0 Å². The SMILES string of the molecule is CC(=O)N1CCC(N2C[C@H](O)C[C@H]2c2nc(-c3cccc([N+](=O)[O-])c3)no2)CC1. The molecule has 0 unspecified atom stereocenters. The summed E-state index contributed by atoms with van der Waals surface area (Å²) in [4.78, 5) is 30.6. The van der Waals surface area contributed by atoms with E-state index in [-0.39, 0.29) is 29.5 Å². The summed E-state index contributed by atoms with van der Waals surface area (Å²) in [5.74, 6) is 0.772. The van der Waals surface area contributed by atoms with Crippen molar-refractivity contribution in [3.63, 3.8) is 0 Å². The third-order valence-corrected chi connectivity index (χ3v) is 5.74. The predicted octanol–water partition coefficient (Wildman–Crippen LogP) is 1.76. The molecule has 0 radical (unpaired) electrons. The number of amides is 1. The van der Waals surface area contributed by atoms with Crippen LogP contribution in [0.25, 0.3) is 11.4 Å². The zero-order valence-corrected chi connectivity index (χ0v) is 16.1. The molecule has 2 saturated heterocycles. The molecule has 0 saturated carbocycles. The van der Waals surface area contributed by atoms with Crippen molar-refractivity contribution in [3.05, 3.63) is 40.3 Å². The molecule has 0 spiro atoms. The van der Waals surface area contributed by atoms with Crippen LogP contribution in [0.15, 0.2) is 28.8 Å². The molecule has 29 heavy (non-hydrogen) atoms. The van der Waals surface area contributed by atoms with Crippen LogP contribution in [-0.2, 0) is 4.79 Å². The van der Waals surface area contributed by atoms with Crippen molar-refractivity contribution >= 4 is 11.6 Å². The van der Waals surface area contributed by atoms with Gasteiger partial charge >= 0.3 is 0 Å². The molecule has 0 bridgehead atoms. The highest BCUT2D eigenvalue weighted by molar-refractivity contribution is 5.73. The number of aromatic nitrogens is 2. The fourth-order valence-corrected chi connectivity index (χ4v) is 4.24. The molecule has 0 aliphatic carbocycles. The van der Waals surface area contributed by atoms with Crippen LogP contribution in [0.1, 0.15) is 38.1 Å². The number of benzene rings is 1. The first-order valence-corrected chi connectivity index (χ1v) is 9.70. The van der Waals surface area contributed by atoms with Crippen molar-refractivity contribution in [2.24, 2.45) is 0 Å². The Morgan fingerprint density at radius 1 is 1.34 bits per heavy atom. The number of carbonyl (C=O) groups is 1. The number of non-ortho nitro benzene ring substituents is 1. The Hall–Kier alpha value is -2.85. The number of aliphatic hydroxyl groups excluding tert-OH is 1. The first kappa shape index (κ1) is 19.5. The van der Waals surface area contributed by atoms with E-state index in [2.05, 4.69) is 15.0 Å². The largest absolute Gasteiger partial charge is 0.392 e. The monoisotopic (exact) mass is 401 g/mol. The minimum Gasteiger partial charge on any atom is -0.392 e. The van der Waals surface area contributed by atoms with Crippen molar-refractivity contribution < 1.29 is 19.3 Å². The number of hydrogen-bond donors (Lipinski definition) is 1. The van der Waals surface area contributed by atoms with E-state index in [9.17, 15) is 20.0 Å². The maximum atomic E-state index is 11.6. The third-order valence-electron chi connectivity index (χ3n) is 5.74. The number of likely N-dealkylation sites (tertiary alicyclic amines) is 2. The van der Waals surface area contributed by atoms with Crippen molar-refractivity contribution in [1.29, 1.82) is 0 Å². The summed E-state index contributed by atoms with van der Waals surface area (Å²) in [6.45, 7) is 3.49. The zero-order valence-electron chi connectivity index (χ0n) is 16.1. The Labute approximate surface area is 167 Å². The summed E-state index contributed by atoms with van der Waals surface area (Å²) in [6.07, 6.45) is 1.66. The van der Waals surface area contributed by atoms with E-state index >= 15 is 0 Å². The topological polar surface area (TPSA) is 126 Å². The van der Waals surface area contributed by atoms with Crippen LogP contribution in [0.3, 0.4) is 0 Å². The quantitative estimate of drug-likeness (QED) is 0.607. The highest BCUT2D eigenvalue weighted by atomic mass is 16.6. The summed E-state index contributed by atoms with van der Waals surface area (Å²) in [5.41, 5.74) is 0.470. The first-order valence-electron chi connectivity index (χ1n) is 9.70. The second kappa shape index (κ2) is 7.88. The van der Waals surface area contributed by atoms with Crippen LogP contribution < -0.4 is 0 Å². The molecular formula is C19H23N5O5. The molecule has 1 N–H and O–H groups in total. The molecule has 2 atom stereocenters. The molecule has 10 heteroatoms. The molecule has 4 rings (SSSR count). The van der Waals surface area contributed by atoms with Gasteiger partial charge in [0, 0.05) is 50.3 Å². The van der Waals surface area contributed by atoms with Gasteiger partial charge in [-0.05, 0) is 19.3 Å². The van der Waals surface area contributed by atoms with Crippen molar-refractivity contribution in [3.8, 4) is 11.4 Å². The lowest BCUT2D eigenvalue weighted by molar-refractivity contribution is -0.384. The number of aliphatic hydroxyl groups is 1. The maximum Gasteiger partial charge on any atom is 0.270 e. The minimum atomic E-state index is -0.487. The Balaban J connectivity index is 1.52. The van der Waals surface area contributed by atoms with Crippen molar-refractivity contribution in [1.82, 2.24) is 19.9 Å². The van der Waals surface area contributed by atoms with Gasteiger partial charge in [-0.15, -0.1) is 0 Å². The number of nitrogens with zero attached hydrogens (tertiary/aromatic N) is 5. The smallest absolute Gasteiger partial charge is 0.270 e. The summed E-state index contributed by atoms with van der Waals surface area (Å²) >= 11 is 0. The van der Waals surface area contributed by atoms with Gasteiger partial charge < -0.3 is 14.5 Å². The van der Waals surface area contributed by atoms with E-state index in [0.717, 1.165) is 12.8 Å². The second-order valence-corrected chi connectivity index (χ2v) is 7.60. The molecule has 10 nitrogen and oxygen atoms in total. The molecule has 154 valence electrons. The van der Waals surface area contributed by atoms with Gasteiger partial charge in [-0.2, -0.15) is 4.98 Å². The standard InChI is InChI=1S/C19H23N5O5/c1-12(25)22-7-5-14(6-8-22)23-11-16(26)10-17(23)19-20-18(21-29-19)13-3-2-4-15(9-13)24(27)28/h2-4,9,14,16-17,26H,5-8,10-11H2,1H3/t16-,17+/m1/s1. The van der Waals surface area contributed by atoms with Crippen LogP contribution in [0.2, 0.25) is 0 Å². The number of β-amino-alcohol motifs (C(OH)–C–C–N with tert-alkyl or cyclic N) is 1. The van der Waals surface area contributed by atoms with Crippen LogP contribution in [0.5, 0.6) is 0 Å². The van der Waals surface area contributed by atoms with Gasteiger partial charge in [0.25, 0.3) is 5.69 Å². The lowest BCUT2D eigenvalue weighted by Gasteiger charge is -2.38. The van der Waals surface area contributed by atoms with Crippen LogP contribution in [0, 0.1) is 10.1 Å². The number of nitro benzene ring substituents is 1. The molecule has 2 fully saturated rings. The van der Waals surface area contributed by atoms with E-state index in [1.54, 1.807) is 19.1 Å². The van der Waals surface area contributed by atoms with Crippen LogP contribution in [-0.4, -0.2) is 67.7 Å². The van der Waals surface area contributed by atoms with Gasteiger partial charge in [0.15, 0.2) is 0 Å². The normalized spacial score (nSPS) is 23.4. The Bertz CT molecular complexity index is 908. The minimum absolute atomic E-state index is 0.0380. The lowest BCUT2D eigenvalue weighted by atomic mass is 10.0. The first-order chi connectivity index (χ1) is 13.9. The van der Waals surface area contributed by atoms with E-state index in [1.807, 2.05) is 4.90 Å². The highest BCUT2D eigenvalue weighted by Gasteiger charge is 2.40. The van der Waals surface area contributed by atoms with Gasteiger partial charge in [0.2, 0.25) is 17.6 Å². The molecule has 1 aromatic carbocycles. The number of carbonyl (C=O) groups excluding carboxylic acids is 1. The van der Waals surface area contributed by atoms with Gasteiger partial charge in [-0.3, -0.25) is 19.8 Å². The van der Waals surface area contributed by atoms with Crippen molar-refractivity contribution in [2.75, 3.05) is 19.6 Å². The number of nitro groups is 1. The molecule has 1 amide bonds. The number of piperidine rings is 1. The van der Waals surface area contributed by atoms with Crippen LogP contribution in [0.4, 0.5) is 5.69 Å². The average Bonchev–Trinajstić information content (AvgIpc) is 3.35. The van der Waals surface area contributed by atoms with Gasteiger partial charge in [-0.25, -0.2) is 0 Å². The van der Waals surface area contributed by atoms with Crippen molar-refractivity contribution in [2.45, 2.75) is 44.4 Å². The summed E-state index contributed by atoms with van der Waals surface area (Å²) in [6, 6.07) is 6.11. The van der Waals surface area contributed by atoms with E-state index in [0.29, 0.717) is 37.5 Å². The maximum absolute atomic E-state index is 11.6.